The summed E-state index contributed by atoms with van der Waals surface area (Å²) >= 11 is 0. The predicted octanol–water partition coefficient (Wildman–Crippen LogP) is 2.78. The molecule has 0 saturated heterocycles. The molecule has 8 heteroatoms. The average molecular weight is 348 g/mol. The van der Waals surface area contributed by atoms with Crippen LogP contribution in [0.25, 0.3) is 5.65 Å². The van der Waals surface area contributed by atoms with Gasteiger partial charge in [0.2, 0.25) is 0 Å². The van der Waals surface area contributed by atoms with Gasteiger partial charge in [-0.2, -0.15) is 0 Å². The predicted molar refractivity (Wildman–Crippen MR) is 88.9 cm³/mol. The number of rotatable bonds is 5. The van der Waals surface area contributed by atoms with Gasteiger partial charge in [-0.05, 0) is 49.7 Å². The molecule has 0 bridgehead atoms. The Morgan fingerprint density at radius 3 is 2.50 bits per heavy atom. The maximum atomic E-state index is 13.2. The number of fused-ring (bicyclic) bond motifs is 1. The van der Waals surface area contributed by atoms with Crippen LogP contribution in [0.5, 0.6) is 0 Å². The van der Waals surface area contributed by atoms with Crippen molar-refractivity contribution >= 4 is 21.4 Å². The normalized spacial score (nSPS) is 11.8. The third-order valence-corrected chi connectivity index (χ3v) is 5.49. The summed E-state index contributed by atoms with van der Waals surface area (Å²) in [6, 6.07) is 8.55. The minimum Gasteiger partial charge on any atom is -0.285 e. The third-order valence-electron chi connectivity index (χ3n) is 3.67. The number of aryl methyl sites for hydroxylation is 1. The van der Waals surface area contributed by atoms with Crippen molar-refractivity contribution in [1.82, 2.24) is 14.6 Å². The highest BCUT2D eigenvalue weighted by atomic mass is 32.2. The van der Waals surface area contributed by atoms with Gasteiger partial charge >= 0.3 is 0 Å². The van der Waals surface area contributed by atoms with Gasteiger partial charge in [0.1, 0.15) is 16.5 Å². The number of hydrogen-bond acceptors (Lipinski definition) is 4. The summed E-state index contributed by atoms with van der Waals surface area (Å²) in [4.78, 5) is 0.135. The average Bonchev–Trinajstić information content (AvgIpc) is 2.94. The highest BCUT2D eigenvalue weighted by Crippen LogP contribution is 2.24. The molecule has 3 aromatic rings. The van der Waals surface area contributed by atoms with E-state index in [1.165, 1.54) is 40.8 Å². The van der Waals surface area contributed by atoms with E-state index in [1.807, 2.05) is 6.92 Å². The van der Waals surface area contributed by atoms with Gasteiger partial charge in [0, 0.05) is 12.7 Å². The van der Waals surface area contributed by atoms with E-state index in [2.05, 4.69) is 10.2 Å². The second-order valence-corrected chi connectivity index (χ2v) is 7.26. The van der Waals surface area contributed by atoms with E-state index in [9.17, 15) is 12.8 Å². The Balaban J connectivity index is 2.10. The Kier molecular flexibility index (Phi) is 4.23. The molecule has 0 atom stereocenters. The third kappa shape index (κ3) is 2.84. The van der Waals surface area contributed by atoms with Crippen molar-refractivity contribution in [2.24, 2.45) is 0 Å². The molecule has 2 aromatic heterocycles. The second-order valence-electron chi connectivity index (χ2n) is 5.39. The number of sulfonamides is 1. The maximum Gasteiger partial charge on any atom is 0.265 e. The van der Waals surface area contributed by atoms with Crippen LogP contribution in [-0.2, 0) is 10.0 Å². The molecule has 2 heterocycles. The van der Waals surface area contributed by atoms with Crippen molar-refractivity contribution in [3.63, 3.8) is 0 Å². The summed E-state index contributed by atoms with van der Waals surface area (Å²) in [5, 5.41) is 7.88. The minimum atomic E-state index is -3.78. The van der Waals surface area contributed by atoms with E-state index >= 15 is 0 Å². The summed E-state index contributed by atoms with van der Waals surface area (Å²) in [6.45, 7) is 3.94. The number of anilines is 1. The van der Waals surface area contributed by atoms with Crippen LogP contribution in [0.1, 0.15) is 19.2 Å². The molecular weight excluding hydrogens is 331 g/mol. The largest absolute Gasteiger partial charge is 0.285 e. The Morgan fingerprint density at radius 1 is 1.12 bits per heavy atom. The number of benzene rings is 1. The van der Waals surface area contributed by atoms with Gasteiger partial charge in [-0.3, -0.25) is 8.71 Å². The topological polar surface area (TPSA) is 67.6 Å². The molecule has 1 aromatic carbocycles. The molecule has 0 spiro atoms. The standard InChI is InChI=1S/C16H17FN4O2S/c1-3-10-21(14-6-4-13(17)5-7-14)24(22,23)15-8-9-16-19-18-12(2)20(16)11-15/h4-9,11H,3,10H2,1-2H3. The lowest BCUT2D eigenvalue weighted by Crippen LogP contribution is -2.32. The van der Waals surface area contributed by atoms with Gasteiger partial charge in [0.15, 0.2) is 5.65 Å². The molecule has 24 heavy (non-hydrogen) atoms. The molecule has 0 amide bonds. The first kappa shape index (κ1) is 16.4. The zero-order valence-corrected chi connectivity index (χ0v) is 14.2. The monoisotopic (exact) mass is 348 g/mol. The molecule has 0 aliphatic carbocycles. The zero-order chi connectivity index (χ0) is 17.3. The SMILES string of the molecule is CCCN(c1ccc(F)cc1)S(=O)(=O)c1ccc2nnc(C)n2c1. The molecule has 0 N–H and O–H groups in total. The summed E-state index contributed by atoms with van der Waals surface area (Å²) in [5.74, 6) is 0.194. The molecule has 0 unspecified atom stereocenters. The molecule has 0 saturated carbocycles. The van der Waals surface area contributed by atoms with Crippen molar-refractivity contribution in [1.29, 1.82) is 0 Å². The Hall–Kier alpha value is -2.48. The second kappa shape index (κ2) is 6.20. The van der Waals surface area contributed by atoms with Crippen LogP contribution in [0.4, 0.5) is 10.1 Å². The van der Waals surface area contributed by atoms with Crippen molar-refractivity contribution in [2.75, 3.05) is 10.8 Å². The molecule has 126 valence electrons. The van der Waals surface area contributed by atoms with E-state index in [1.54, 1.807) is 17.4 Å². The van der Waals surface area contributed by atoms with Crippen LogP contribution < -0.4 is 4.31 Å². The summed E-state index contributed by atoms with van der Waals surface area (Å²) in [5.41, 5.74) is 1.01. The molecular formula is C16H17FN4O2S. The van der Waals surface area contributed by atoms with Gasteiger partial charge < -0.3 is 0 Å². The van der Waals surface area contributed by atoms with Gasteiger partial charge in [-0.15, -0.1) is 10.2 Å². The van der Waals surface area contributed by atoms with E-state index in [4.69, 9.17) is 0 Å². The zero-order valence-electron chi connectivity index (χ0n) is 13.3. The quantitative estimate of drug-likeness (QED) is 0.711. The first-order valence-electron chi connectivity index (χ1n) is 7.53. The lowest BCUT2D eigenvalue weighted by Gasteiger charge is -2.24. The van der Waals surface area contributed by atoms with E-state index in [0.29, 0.717) is 30.1 Å². The highest BCUT2D eigenvalue weighted by molar-refractivity contribution is 7.92. The number of hydrogen-bond donors (Lipinski definition) is 0. The molecule has 0 aliphatic rings. The first-order chi connectivity index (χ1) is 11.4. The Labute approximate surface area is 139 Å². The van der Waals surface area contributed by atoms with Crippen LogP contribution in [0, 0.1) is 12.7 Å². The molecule has 3 rings (SSSR count). The fourth-order valence-corrected chi connectivity index (χ4v) is 4.02. The van der Waals surface area contributed by atoms with Crippen LogP contribution in [0.2, 0.25) is 0 Å². The maximum absolute atomic E-state index is 13.2. The highest BCUT2D eigenvalue weighted by Gasteiger charge is 2.25. The number of halogens is 1. The molecule has 0 fully saturated rings. The molecule has 6 nitrogen and oxygen atoms in total. The smallest absolute Gasteiger partial charge is 0.265 e. The van der Waals surface area contributed by atoms with Gasteiger partial charge in [0.05, 0.1) is 5.69 Å². The fraction of sp³-hybridized carbons (Fsp3) is 0.250. The number of pyridine rings is 1. The van der Waals surface area contributed by atoms with Crippen LogP contribution in [0.3, 0.4) is 0 Å². The summed E-state index contributed by atoms with van der Waals surface area (Å²) in [7, 11) is -3.78. The van der Waals surface area contributed by atoms with Gasteiger partial charge in [-0.1, -0.05) is 6.92 Å². The lowest BCUT2D eigenvalue weighted by molar-refractivity contribution is 0.589. The molecule has 0 radical (unpaired) electrons. The van der Waals surface area contributed by atoms with Crippen molar-refractivity contribution in [3.05, 3.63) is 54.2 Å². The minimum absolute atomic E-state index is 0.135. The first-order valence-corrected chi connectivity index (χ1v) is 8.97. The van der Waals surface area contributed by atoms with Crippen LogP contribution >= 0.6 is 0 Å². The summed E-state index contributed by atoms with van der Waals surface area (Å²) < 4.78 is 42.2. The molecule has 0 aliphatic heterocycles. The lowest BCUT2D eigenvalue weighted by atomic mass is 10.3. The van der Waals surface area contributed by atoms with Crippen molar-refractivity contribution < 1.29 is 12.8 Å². The van der Waals surface area contributed by atoms with E-state index < -0.39 is 15.8 Å². The van der Waals surface area contributed by atoms with Crippen molar-refractivity contribution in [2.45, 2.75) is 25.2 Å². The summed E-state index contributed by atoms with van der Waals surface area (Å²) in [6.07, 6.45) is 2.14. The van der Waals surface area contributed by atoms with Crippen LogP contribution in [-0.4, -0.2) is 29.6 Å². The number of nitrogens with zero attached hydrogens (tertiary/aromatic N) is 4. The fourth-order valence-electron chi connectivity index (χ4n) is 2.46. The Morgan fingerprint density at radius 2 is 1.83 bits per heavy atom. The van der Waals surface area contributed by atoms with Crippen LogP contribution in [0.15, 0.2) is 47.5 Å². The van der Waals surface area contributed by atoms with Crippen molar-refractivity contribution in [3.8, 4) is 0 Å². The van der Waals surface area contributed by atoms with E-state index in [0.717, 1.165) is 0 Å². The van der Waals surface area contributed by atoms with Gasteiger partial charge in [0.25, 0.3) is 10.0 Å². The van der Waals surface area contributed by atoms with E-state index in [-0.39, 0.29) is 4.90 Å². The number of aromatic nitrogens is 3. The Bertz CT molecular complexity index is 967. The van der Waals surface area contributed by atoms with Gasteiger partial charge in [-0.25, -0.2) is 12.8 Å².